The molecule has 0 saturated heterocycles. The number of furan rings is 1. The predicted molar refractivity (Wildman–Crippen MR) is 106 cm³/mol. The molecule has 0 fully saturated rings. The molecule has 0 aliphatic carbocycles. The van der Waals surface area contributed by atoms with Crippen molar-refractivity contribution >= 4 is 40.3 Å². The summed E-state index contributed by atoms with van der Waals surface area (Å²) in [5.41, 5.74) is 2.48. The second-order valence-corrected chi connectivity index (χ2v) is 6.38. The molecule has 2 aromatic carbocycles. The van der Waals surface area contributed by atoms with Crippen molar-refractivity contribution in [2.24, 2.45) is 0 Å². The first-order valence-corrected chi connectivity index (χ1v) is 8.63. The summed E-state index contributed by atoms with van der Waals surface area (Å²) in [6.07, 6.45) is 1.58. The van der Waals surface area contributed by atoms with Crippen LogP contribution in [0.2, 0.25) is 5.02 Å². The summed E-state index contributed by atoms with van der Waals surface area (Å²) < 4.78 is 5.77. The average molecular weight is 390 g/mol. The number of fused-ring (bicyclic) bond motifs is 1. The number of para-hydroxylation sites is 2. The molecule has 2 N–H and O–H groups in total. The summed E-state index contributed by atoms with van der Waals surface area (Å²) in [5, 5.41) is 18.9. The van der Waals surface area contributed by atoms with Gasteiger partial charge in [-0.3, -0.25) is 0 Å². The van der Waals surface area contributed by atoms with Gasteiger partial charge in [-0.15, -0.1) is 0 Å². The normalized spacial score (nSPS) is 11.5. The van der Waals surface area contributed by atoms with Gasteiger partial charge >= 0.3 is 5.97 Å². The summed E-state index contributed by atoms with van der Waals surface area (Å²) in [7, 11) is 0. The van der Waals surface area contributed by atoms with E-state index < -0.39 is 5.97 Å². The SMILES string of the molecule is N#C/C(=C/c1ccc(-c2ccc(Cl)c(C(=O)O)c2)o1)c1nc2ccccc2[nH]1. The molecule has 28 heavy (non-hydrogen) atoms. The molecule has 0 spiro atoms. The number of nitrogens with zero attached hydrogens (tertiary/aromatic N) is 2. The number of carbonyl (C=O) groups is 1. The smallest absolute Gasteiger partial charge is 0.337 e. The quantitative estimate of drug-likeness (QED) is 0.464. The van der Waals surface area contributed by atoms with Crippen LogP contribution in [0.3, 0.4) is 0 Å². The molecule has 0 atom stereocenters. The first-order chi connectivity index (χ1) is 13.5. The summed E-state index contributed by atoms with van der Waals surface area (Å²) in [6.45, 7) is 0. The van der Waals surface area contributed by atoms with Crippen LogP contribution < -0.4 is 0 Å². The molecular formula is C21H12ClN3O3. The van der Waals surface area contributed by atoms with E-state index in [1.807, 2.05) is 24.3 Å². The molecule has 0 aliphatic heterocycles. The Bertz CT molecular complexity index is 1240. The van der Waals surface area contributed by atoms with Crippen molar-refractivity contribution in [1.82, 2.24) is 9.97 Å². The van der Waals surface area contributed by atoms with Gasteiger partial charge in [0.15, 0.2) is 0 Å². The highest BCUT2D eigenvalue weighted by atomic mass is 35.5. The maximum atomic E-state index is 11.3. The monoisotopic (exact) mass is 389 g/mol. The van der Waals surface area contributed by atoms with Crippen LogP contribution in [-0.4, -0.2) is 21.0 Å². The van der Waals surface area contributed by atoms with Gasteiger partial charge < -0.3 is 14.5 Å². The zero-order chi connectivity index (χ0) is 19.7. The number of carboxylic acids is 1. The number of aromatic nitrogens is 2. The molecule has 4 rings (SSSR count). The molecule has 0 saturated carbocycles. The molecule has 0 unspecified atom stereocenters. The van der Waals surface area contributed by atoms with Crippen molar-refractivity contribution < 1.29 is 14.3 Å². The topological polar surface area (TPSA) is 103 Å². The highest BCUT2D eigenvalue weighted by molar-refractivity contribution is 6.33. The number of hydrogen-bond donors (Lipinski definition) is 2. The number of imidazole rings is 1. The second kappa shape index (κ2) is 7.06. The number of benzene rings is 2. The molecule has 2 heterocycles. The zero-order valence-corrected chi connectivity index (χ0v) is 15.1. The number of nitriles is 1. The number of hydrogen-bond acceptors (Lipinski definition) is 4. The average Bonchev–Trinajstić information content (AvgIpc) is 3.33. The number of rotatable bonds is 4. The van der Waals surface area contributed by atoms with Crippen LogP contribution >= 0.6 is 11.6 Å². The summed E-state index contributed by atoms with van der Waals surface area (Å²) >= 11 is 5.91. The number of allylic oxidation sites excluding steroid dienone is 1. The van der Waals surface area contributed by atoms with Crippen molar-refractivity contribution in [2.75, 3.05) is 0 Å². The summed E-state index contributed by atoms with van der Waals surface area (Å²) in [6, 6.07) is 17.6. The molecule has 4 aromatic rings. The Kier molecular flexibility index (Phi) is 4.44. The molecule has 136 valence electrons. The van der Waals surface area contributed by atoms with Gasteiger partial charge in [0.05, 0.1) is 27.2 Å². The molecular weight excluding hydrogens is 378 g/mol. The van der Waals surface area contributed by atoms with Gasteiger partial charge in [0.1, 0.15) is 23.4 Å². The van der Waals surface area contributed by atoms with Crippen molar-refractivity contribution in [2.45, 2.75) is 0 Å². The van der Waals surface area contributed by atoms with Crippen LogP contribution in [0.5, 0.6) is 0 Å². The Balaban J connectivity index is 1.69. The number of halogens is 1. The minimum absolute atomic E-state index is 0.00681. The van der Waals surface area contributed by atoms with Gasteiger partial charge in [-0.05, 0) is 42.5 Å². The van der Waals surface area contributed by atoms with Crippen LogP contribution in [0.1, 0.15) is 21.9 Å². The highest BCUT2D eigenvalue weighted by Crippen LogP contribution is 2.28. The predicted octanol–water partition coefficient (Wildman–Crippen LogP) is 5.24. The standard InChI is InChI=1S/C21H12ClN3O3/c22-16-7-5-12(10-15(16)21(26)27)19-8-6-14(28-19)9-13(11-23)20-24-17-3-1-2-4-18(17)25-20/h1-10H,(H,24,25)(H,26,27)/b13-9-. The second-order valence-electron chi connectivity index (χ2n) is 5.97. The lowest BCUT2D eigenvalue weighted by molar-refractivity contribution is 0.0697. The first-order valence-electron chi connectivity index (χ1n) is 8.25. The van der Waals surface area contributed by atoms with Crippen molar-refractivity contribution in [1.29, 1.82) is 5.26 Å². The van der Waals surface area contributed by atoms with E-state index >= 15 is 0 Å². The third kappa shape index (κ3) is 3.27. The van der Waals surface area contributed by atoms with Crippen LogP contribution in [-0.2, 0) is 0 Å². The molecule has 0 radical (unpaired) electrons. The Hall–Kier alpha value is -3.82. The molecule has 0 bridgehead atoms. The maximum Gasteiger partial charge on any atom is 0.337 e. The van der Waals surface area contributed by atoms with Crippen LogP contribution in [0.4, 0.5) is 0 Å². The van der Waals surface area contributed by atoms with Gasteiger partial charge in [-0.2, -0.15) is 5.26 Å². The first kappa shape index (κ1) is 17.6. The van der Waals surface area contributed by atoms with E-state index in [0.717, 1.165) is 11.0 Å². The van der Waals surface area contributed by atoms with Gasteiger partial charge in [-0.1, -0.05) is 23.7 Å². The zero-order valence-electron chi connectivity index (χ0n) is 14.3. The van der Waals surface area contributed by atoms with Crippen molar-refractivity contribution in [3.8, 4) is 17.4 Å². The van der Waals surface area contributed by atoms with Crippen molar-refractivity contribution in [3.05, 3.63) is 76.8 Å². The van der Waals surface area contributed by atoms with E-state index in [0.29, 0.717) is 28.5 Å². The van der Waals surface area contributed by atoms with Crippen LogP contribution in [0.25, 0.3) is 34.0 Å². The fraction of sp³-hybridized carbons (Fsp3) is 0. The fourth-order valence-corrected chi connectivity index (χ4v) is 3.00. The van der Waals surface area contributed by atoms with E-state index in [1.54, 1.807) is 24.3 Å². The van der Waals surface area contributed by atoms with Gasteiger partial charge in [0.2, 0.25) is 0 Å². The number of carboxylic acid groups (broad SMARTS) is 1. The molecule has 7 heteroatoms. The third-order valence-corrected chi connectivity index (χ3v) is 4.49. The van der Waals surface area contributed by atoms with E-state index in [1.165, 1.54) is 12.1 Å². The Morgan fingerprint density at radius 2 is 2.04 bits per heavy atom. The minimum Gasteiger partial charge on any atom is -0.478 e. The maximum absolute atomic E-state index is 11.3. The van der Waals surface area contributed by atoms with E-state index in [2.05, 4.69) is 16.0 Å². The summed E-state index contributed by atoms with van der Waals surface area (Å²) in [4.78, 5) is 18.8. The number of aromatic carboxylic acids is 1. The van der Waals surface area contributed by atoms with Crippen LogP contribution in [0.15, 0.2) is 59.0 Å². The number of aromatic amines is 1. The van der Waals surface area contributed by atoms with Crippen LogP contribution in [0, 0.1) is 11.3 Å². The van der Waals surface area contributed by atoms with Crippen molar-refractivity contribution in [3.63, 3.8) is 0 Å². The van der Waals surface area contributed by atoms with E-state index in [-0.39, 0.29) is 10.6 Å². The Morgan fingerprint density at radius 1 is 1.21 bits per heavy atom. The van der Waals surface area contributed by atoms with Gasteiger partial charge in [0, 0.05) is 11.6 Å². The largest absolute Gasteiger partial charge is 0.478 e. The lowest BCUT2D eigenvalue weighted by Crippen LogP contribution is -1.97. The van der Waals surface area contributed by atoms with E-state index in [4.69, 9.17) is 16.0 Å². The van der Waals surface area contributed by atoms with Gasteiger partial charge in [0.25, 0.3) is 0 Å². The number of H-pyrrole nitrogens is 1. The lowest BCUT2D eigenvalue weighted by atomic mass is 10.1. The highest BCUT2D eigenvalue weighted by Gasteiger charge is 2.13. The Labute approximate surface area is 164 Å². The molecule has 2 aromatic heterocycles. The van der Waals surface area contributed by atoms with E-state index in [9.17, 15) is 15.2 Å². The fourth-order valence-electron chi connectivity index (χ4n) is 2.80. The number of nitrogens with one attached hydrogen (secondary N) is 1. The van der Waals surface area contributed by atoms with Gasteiger partial charge in [-0.25, -0.2) is 9.78 Å². The Morgan fingerprint density at radius 3 is 2.79 bits per heavy atom. The third-order valence-electron chi connectivity index (χ3n) is 4.16. The molecule has 0 amide bonds. The molecule has 6 nitrogen and oxygen atoms in total. The lowest BCUT2D eigenvalue weighted by Gasteiger charge is -2.02. The summed E-state index contributed by atoms with van der Waals surface area (Å²) in [5.74, 6) is 0.239. The molecule has 0 aliphatic rings. The minimum atomic E-state index is -1.12.